The minimum Gasteiger partial charge on any atom is -0.383 e. The summed E-state index contributed by atoms with van der Waals surface area (Å²) in [5, 5.41) is 9.49. The highest BCUT2D eigenvalue weighted by Gasteiger charge is 2.22. The van der Waals surface area contributed by atoms with Gasteiger partial charge >= 0.3 is 0 Å². The zero-order chi connectivity index (χ0) is 20.6. The molecule has 1 fully saturated rings. The maximum atomic E-state index is 11.9. The molecule has 1 saturated heterocycles. The van der Waals surface area contributed by atoms with Crippen molar-refractivity contribution in [2.45, 2.75) is 32.7 Å². The molecule has 1 aromatic heterocycles. The number of aromatic nitrogens is 1. The molecule has 0 aliphatic carbocycles. The van der Waals surface area contributed by atoms with Crippen LogP contribution >= 0.6 is 11.3 Å². The number of amides is 1. The fourth-order valence-electron chi connectivity index (χ4n) is 2.89. The maximum Gasteiger partial charge on any atom is 0.234 e. The lowest BCUT2D eigenvalue weighted by molar-refractivity contribution is -0.122. The molecule has 1 aliphatic heterocycles. The average molecular weight is 411 g/mol. The predicted octanol–water partition coefficient (Wildman–Crippen LogP) is 0.896. The Morgan fingerprint density at radius 2 is 2.00 bits per heavy atom. The summed E-state index contributed by atoms with van der Waals surface area (Å²) < 4.78 is 4.95. The summed E-state index contributed by atoms with van der Waals surface area (Å²) in [6.07, 6.45) is 0. The van der Waals surface area contributed by atoms with Crippen molar-refractivity contribution in [3.63, 3.8) is 0 Å². The molecule has 1 aromatic rings. The van der Waals surface area contributed by atoms with Crippen LogP contribution in [-0.2, 0) is 21.5 Å². The molecule has 0 unspecified atom stereocenters. The van der Waals surface area contributed by atoms with E-state index in [1.807, 2.05) is 0 Å². The zero-order valence-electron chi connectivity index (χ0n) is 17.7. The number of thiazole rings is 1. The van der Waals surface area contributed by atoms with Gasteiger partial charge in [-0.05, 0) is 0 Å². The van der Waals surface area contributed by atoms with E-state index < -0.39 is 0 Å². The first-order valence-electron chi connectivity index (χ1n) is 9.72. The monoisotopic (exact) mass is 410 g/mol. The molecule has 2 heterocycles. The fourth-order valence-corrected chi connectivity index (χ4v) is 3.85. The molecule has 158 valence electrons. The van der Waals surface area contributed by atoms with Crippen molar-refractivity contribution >= 4 is 23.2 Å². The standard InChI is InChI=1S/C19H34N6O2S/c1-19(2,3)15-14-28-17(23-15)12-22-18(20-4)25-9-7-24(8-10-25)13-16(26)21-6-11-27-5/h14H,6-13H2,1-5H3,(H,20,22)(H,21,26). The molecule has 1 amide bonds. The van der Waals surface area contributed by atoms with E-state index in [-0.39, 0.29) is 11.3 Å². The summed E-state index contributed by atoms with van der Waals surface area (Å²) in [7, 11) is 3.44. The smallest absolute Gasteiger partial charge is 0.234 e. The molecule has 0 saturated carbocycles. The molecular weight excluding hydrogens is 376 g/mol. The van der Waals surface area contributed by atoms with Gasteiger partial charge in [-0.3, -0.25) is 14.7 Å². The largest absolute Gasteiger partial charge is 0.383 e. The molecule has 0 aromatic carbocycles. The number of ether oxygens (including phenoxy) is 1. The summed E-state index contributed by atoms with van der Waals surface area (Å²) in [6.45, 7) is 12.1. The van der Waals surface area contributed by atoms with Crippen molar-refractivity contribution in [2.75, 3.05) is 60.0 Å². The van der Waals surface area contributed by atoms with Crippen LogP contribution in [0.4, 0.5) is 0 Å². The Hall–Kier alpha value is -1.71. The highest BCUT2D eigenvalue weighted by molar-refractivity contribution is 7.09. The lowest BCUT2D eigenvalue weighted by atomic mass is 9.93. The number of piperazine rings is 1. The van der Waals surface area contributed by atoms with Gasteiger partial charge in [0.25, 0.3) is 0 Å². The average Bonchev–Trinajstić information content (AvgIpc) is 3.13. The van der Waals surface area contributed by atoms with Crippen molar-refractivity contribution in [1.82, 2.24) is 25.4 Å². The molecule has 2 rings (SSSR count). The fraction of sp³-hybridized carbons (Fsp3) is 0.737. The summed E-state index contributed by atoms with van der Waals surface area (Å²) in [5.74, 6) is 0.933. The number of hydrogen-bond acceptors (Lipinski definition) is 6. The number of nitrogens with zero attached hydrogens (tertiary/aromatic N) is 4. The first kappa shape index (κ1) is 22.6. The Morgan fingerprint density at radius 1 is 1.29 bits per heavy atom. The molecule has 0 spiro atoms. The molecule has 1 aliphatic rings. The molecule has 2 N–H and O–H groups in total. The Bertz CT molecular complexity index is 647. The van der Waals surface area contributed by atoms with Gasteiger partial charge in [0.15, 0.2) is 5.96 Å². The van der Waals surface area contributed by atoms with Gasteiger partial charge in [-0.25, -0.2) is 4.98 Å². The minimum atomic E-state index is 0.0476. The van der Waals surface area contributed by atoms with E-state index in [0.29, 0.717) is 26.2 Å². The topological polar surface area (TPSA) is 82.1 Å². The first-order chi connectivity index (χ1) is 13.3. The maximum absolute atomic E-state index is 11.9. The quantitative estimate of drug-likeness (QED) is 0.395. The van der Waals surface area contributed by atoms with Gasteiger partial charge in [0.1, 0.15) is 5.01 Å². The van der Waals surface area contributed by atoms with Gasteiger partial charge in [-0.2, -0.15) is 0 Å². The highest BCUT2D eigenvalue weighted by Crippen LogP contribution is 2.23. The number of rotatable bonds is 7. The van der Waals surface area contributed by atoms with Gasteiger partial charge in [0.05, 0.1) is 25.4 Å². The molecule has 0 atom stereocenters. The van der Waals surface area contributed by atoms with Gasteiger partial charge in [-0.1, -0.05) is 20.8 Å². The Morgan fingerprint density at radius 3 is 2.57 bits per heavy atom. The second kappa shape index (κ2) is 10.7. The van der Waals surface area contributed by atoms with Crippen LogP contribution in [0.1, 0.15) is 31.5 Å². The van der Waals surface area contributed by atoms with Crippen molar-refractivity contribution < 1.29 is 9.53 Å². The van der Waals surface area contributed by atoms with Crippen molar-refractivity contribution in [1.29, 1.82) is 0 Å². The van der Waals surface area contributed by atoms with Crippen LogP contribution in [0.2, 0.25) is 0 Å². The predicted molar refractivity (Wildman–Crippen MR) is 114 cm³/mol. The van der Waals surface area contributed by atoms with Gasteiger partial charge in [0.2, 0.25) is 5.91 Å². The van der Waals surface area contributed by atoms with E-state index in [9.17, 15) is 4.79 Å². The van der Waals surface area contributed by atoms with Crippen LogP contribution in [0.5, 0.6) is 0 Å². The zero-order valence-corrected chi connectivity index (χ0v) is 18.6. The molecule has 0 bridgehead atoms. The SMILES string of the molecule is CN=C(NCc1nc(C(C)(C)C)cs1)N1CCN(CC(=O)NCCOC)CC1. The Labute approximate surface area is 172 Å². The van der Waals surface area contributed by atoms with Crippen LogP contribution < -0.4 is 10.6 Å². The Kier molecular flexibility index (Phi) is 8.65. The number of carbonyl (C=O) groups is 1. The van der Waals surface area contributed by atoms with Crippen molar-refractivity contribution in [3.8, 4) is 0 Å². The van der Waals surface area contributed by atoms with E-state index in [1.54, 1.807) is 25.5 Å². The summed E-state index contributed by atoms with van der Waals surface area (Å²) in [5.41, 5.74) is 1.20. The van der Waals surface area contributed by atoms with E-state index in [2.05, 4.69) is 51.6 Å². The molecule has 8 nitrogen and oxygen atoms in total. The third kappa shape index (κ3) is 7.03. The van der Waals surface area contributed by atoms with Gasteiger partial charge in [-0.15, -0.1) is 11.3 Å². The number of aliphatic imine (C=N–C) groups is 1. The number of methoxy groups -OCH3 is 1. The molecule has 9 heteroatoms. The van der Waals surface area contributed by atoms with Crippen LogP contribution in [0, 0.1) is 0 Å². The number of nitrogens with one attached hydrogen (secondary N) is 2. The highest BCUT2D eigenvalue weighted by atomic mass is 32.1. The lowest BCUT2D eigenvalue weighted by Crippen LogP contribution is -2.54. The third-order valence-electron chi connectivity index (χ3n) is 4.60. The molecular formula is C19H34N6O2S. The van der Waals surface area contributed by atoms with Crippen molar-refractivity contribution in [2.24, 2.45) is 4.99 Å². The van der Waals surface area contributed by atoms with E-state index >= 15 is 0 Å². The summed E-state index contributed by atoms with van der Waals surface area (Å²) >= 11 is 1.68. The van der Waals surface area contributed by atoms with E-state index in [1.165, 1.54) is 0 Å². The summed E-state index contributed by atoms with van der Waals surface area (Å²) in [6, 6.07) is 0. The van der Waals surface area contributed by atoms with Crippen molar-refractivity contribution in [3.05, 3.63) is 16.1 Å². The second-order valence-corrected chi connectivity index (χ2v) is 8.83. The molecule has 28 heavy (non-hydrogen) atoms. The number of guanidine groups is 1. The second-order valence-electron chi connectivity index (χ2n) is 7.88. The van der Waals surface area contributed by atoms with E-state index in [4.69, 9.17) is 9.72 Å². The lowest BCUT2D eigenvalue weighted by Gasteiger charge is -2.36. The van der Waals surface area contributed by atoms with Crippen LogP contribution in [0.15, 0.2) is 10.4 Å². The van der Waals surface area contributed by atoms with Crippen LogP contribution in [0.25, 0.3) is 0 Å². The van der Waals surface area contributed by atoms with Gasteiger partial charge in [0, 0.05) is 57.7 Å². The van der Waals surface area contributed by atoms with Crippen LogP contribution in [-0.4, -0.2) is 86.7 Å². The molecule has 0 radical (unpaired) electrons. The third-order valence-corrected chi connectivity index (χ3v) is 5.45. The number of hydrogen-bond donors (Lipinski definition) is 2. The minimum absolute atomic E-state index is 0.0476. The first-order valence-corrected chi connectivity index (χ1v) is 10.6. The number of carbonyl (C=O) groups excluding carboxylic acids is 1. The Balaban J connectivity index is 1.76. The van der Waals surface area contributed by atoms with E-state index in [0.717, 1.165) is 42.8 Å². The normalized spacial score (nSPS) is 16.3. The summed E-state index contributed by atoms with van der Waals surface area (Å²) in [4.78, 5) is 25.5. The van der Waals surface area contributed by atoms with Gasteiger partial charge < -0.3 is 20.3 Å². The van der Waals surface area contributed by atoms with Crippen LogP contribution in [0.3, 0.4) is 0 Å².